The summed E-state index contributed by atoms with van der Waals surface area (Å²) in [4.78, 5) is 13.1. The number of nitrogens with zero attached hydrogens (tertiary/aromatic N) is 1. The molecule has 0 aromatic rings. The number of amides is 1. The van der Waals surface area contributed by atoms with Gasteiger partial charge in [0, 0.05) is 20.0 Å². The number of rotatable bonds is 3. The van der Waals surface area contributed by atoms with Gasteiger partial charge in [0.05, 0.1) is 0 Å². The maximum atomic E-state index is 11.3. The van der Waals surface area contributed by atoms with Gasteiger partial charge in [-0.25, -0.2) is 0 Å². The summed E-state index contributed by atoms with van der Waals surface area (Å²) in [6, 6.07) is 0. The van der Waals surface area contributed by atoms with Crippen molar-refractivity contribution in [2.45, 2.75) is 39.5 Å². The van der Waals surface area contributed by atoms with Gasteiger partial charge in [-0.15, -0.1) is 0 Å². The number of carbonyl (C=O) groups is 1. The zero-order valence-corrected chi connectivity index (χ0v) is 8.39. The average molecular weight is 169 g/mol. The SMILES string of the molecule is CCC(=O)N(C)CC1(C)CCC1. The molecular weight excluding hydrogens is 150 g/mol. The third-order valence-corrected chi connectivity index (χ3v) is 2.91. The molecule has 1 rings (SSSR count). The van der Waals surface area contributed by atoms with Crippen LogP contribution in [0.2, 0.25) is 0 Å². The first-order chi connectivity index (χ1) is 5.57. The third-order valence-electron chi connectivity index (χ3n) is 2.91. The summed E-state index contributed by atoms with van der Waals surface area (Å²) in [7, 11) is 1.91. The highest BCUT2D eigenvalue weighted by atomic mass is 16.2. The molecule has 0 heterocycles. The second-order valence-corrected chi connectivity index (χ2v) is 4.27. The standard InChI is InChI=1S/C10H19NO/c1-4-9(12)11(3)8-10(2)6-5-7-10/h4-8H2,1-3H3. The fourth-order valence-electron chi connectivity index (χ4n) is 1.87. The van der Waals surface area contributed by atoms with Crippen LogP contribution in [-0.4, -0.2) is 24.4 Å². The maximum Gasteiger partial charge on any atom is 0.222 e. The largest absolute Gasteiger partial charge is 0.345 e. The Labute approximate surface area is 74.9 Å². The Morgan fingerprint density at radius 3 is 2.42 bits per heavy atom. The molecule has 0 N–H and O–H groups in total. The Hall–Kier alpha value is -0.530. The highest BCUT2D eigenvalue weighted by molar-refractivity contribution is 5.75. The average Bonchev–Trinajstić information content (AvgIpc) is 2.00. The van der Waals surface area contributed by atoms with E-state index in [2.05, 4.69) is 6.92 Å². The van der Waals surface area contributed by atoms with Crippen LogP contribution in [0.25, 0.3) is 0 Å². The molecule has 0 saturated heterocycles. The Kier molecular flexibility index (Phi) is 2.76. The van der Waals surface area contributed by atoms with Gasteiger partial charge < -0.3 is 4.90 Å². The molecule has 1 amide bonds. The Morgan fingerprint density at radius 1 is 1.50 bits per heavy atom. The smallest absolute Gasteiger partial charge is 0.222 e. The van der Waals surface area contributed by atoms with Crippen LogP contribution < -0.4 is 0 Å². The molecule has 1 fully saturated rings. The summed E-state index contributed by atoms with van der Waals surface area (Å²) >= 11 is 0. The lowest BCUT2D eigenvalue weighted by Gasteiger charge is -2.41. The molecule has 0 bridgehead atoms. The molecule has 0 spiro atoms. The molecule has 70 valence electrons. The molecule has 0 aromatic heterocycles. The van der Waals surface area contributed by atoms with Gasteiger partial charge in [-0.05, 0) is 18.3 Å². The van der Waals surface area contributed by atoms with E-state index in [9.17, 15) is 4.79 Å². The zero-order chi connectivity index (χ0) is 9.19. The molecular formula is C10H19NO. The lowest BCUT2D eigenvalue weighted by molar-refractivity contribution is -0.131. The van der Waals surface area contributed by atoms with Crippen LogP contribution in [0, 0.1) is 5.41 Å². The van der Waals surface area contributed by atoms with E-state index in [4.69, 9.17) is 0 Å². The van der Waals surface area contributed by atoms with E-state index in [0.29, 0.717) is 11.8 Å². The monoisotopic (exact) mass is 169 g/mol. The van der Waals surface area contributed by atoms with Gasteiger partial charge in [-0.2, -0.15) is 0 Å². The molecule has 0 aliphatic heterocycles. The number of carbonyl (C=O) groups excluding carboxylic acids is 1. The number of hydrogen-bond acceptors (Lipinski definition) is 1. The topological polar surface area (TPSA) is 20.3 Å². The first-order valence-electron chi connectivity index (χ1n) is 4.81. The fourth-order valence-corrected chi connectivity index (χ4v) is 1.87. The highest BCUT2D eigenvalue weighted by Gasteiger charge is 2.33. The molecule has 0 radical (unpaired) electrons. The summed E-state index contributed by atoms with van der Waals surface area (Å²) in [6.45, 7) is 5.14. The van der Waals surface area contributed by atoms with Crippen molar-refractivity contribution < 1.29 is 4.79 Å². The van der Waals surface area contributed by atoms with Crippen LogP contribution in [0.4, 0.5) is 0 Å². The molecule has 1 saturated carbocycles. The van der Waals surface area contributed by atoms with Gasteiger partial charge >= 0.3 is 0 Å². The van der Waals surface area contributed by atoms with E-state index in [0.717, 1.165) is 6.54 Å². The predicted octanol–water partition coefficient (Wildman–Crippen LogP) is 2.04. The molecule has 1 aliphatic rings. The van der Waals surface area contributed by atoms with Crippen LogP contribution in [0.1, 0.15) is 39.5 Å². The summed E-state index contributed by atoms with van der Waals surface area (Å²) in [5.74, 6) is 0.267. The summed E-state index contributed by atoms with van der Waals surface area (Å²) in [6.07, 6.45) is 4.54. The van der Waals surface area contributed by atoms with Crippen molar-refractivity contribution in [1.82, 2.24) is 4.90 Å². The van der Waals surface area contributed by atoms with E-state index in [1.54, 1.807) is 0 Å². The molecule has 0 atom stereocenters. The second-order valence-electron chi connectivity index (χ2n) is 4.27. The van der Waals surface area contributed by atoms with Crippen molar-refractivity contribution in [1.29, 1.82) is 0 Å². The van der Waals surface area contributed by atoms with Gasteiger partial charge in [0.1, 0.15) is 0 Å². The maximum absolute atomic E-state index is 11.3. The van der Waals surface area contributed by atoms with Crippen LogP contribution in [0.15, 0.2) is 0 Å². The molecule has 0 aromatic carbocycles. The molecule has 12 heavy (non-hydrogen) atoms. The van der Waals surface area contributed by atoms with Crippen LogP contribution in [-0.2, 0) is 4.79 Å². The lowest BCUT2D eigenvalue weighted by atomic mass is 9.70. The van der Waals surface area contributed by atoms with E-state index in [-0.39, 0.29) is 5.91 Å². The van der Waals surface area contributed by atoms with E-state index in [1.165, 1.54) is 19.3 Å². The van der Waals surface area contributed by atoms with E-state index < -0.39 is 0 Å². The lowest BCUT2D eigenvalue weighted by Crippen LogP contribution is -2.40. The second kappa shape index (κ2) is 3.46. The molecule has 2 nitrogen and oxygen atoms in total. The van der Waals surface area contributed by atoms with Crippen molar-refractivity contribution >= 4 is 5.91 Å². The quantitative estimate of drug-likeness (QED) is 0.633. The summed E-state index contributed by atoms with van der Waals surface area (Å²) < 4.78 is 0. The Balaban J connectivity index is 2.34. The van der Waals surface area contributed by atoms with Crippen molar-refractivity contribution in [3.63, 3.8) is 0 Å². The van der Waals surface area contributed by atoms with Crippen LogP contribution in [0.5, 0.6) is 0 Å². The van der Waals surface area contributed by atoms with Crippen molar-refractivity contribution in [2.75, 3.05) is 13.6 Å². The van der Waals surface area contributed by atoms with Crippen molar-refractivity contribution in [2.24, 2.45) is 5.41 Å². The first kappa shape index (κ1) is 9.56. The van der Waals surface area contributed by atoms with E-state index >= 15 is 0 Å². The molecule has 0 unspecified atom stereocenters. The summed E-state index contributed by atoms with van der Waals surface area (Å²) in [5, 5.41) is 0. The molecule has 2 heteroatoms. The highest BCUT2D eigenvalue weighted by Crippen LogP contribution is 2.40. The van der Waals surface area contributed by atoms with Crippen LogP contribution in [0.3, 0.4) is 0 Å². The van der Waals surface area contributed by atoms with Crippen molar-refractivity contribution in [3.05, 3.63) is 0 Å². The first-order valence-corrected chi connectivity index (χ1v) is 4.81. The van der Waals surface area contributed by atoms with Gasteiger partial charge in [0.15, 0.2) is 0 Å². The third kappa shape index (κ3) is 1.99. The zero-order valence-electron chi connectivity index (χ0n) is 8.39. The van der Waals surface area contributed by atoms with Crippen LogP contribution >= 0.6 is 0 Å². The molecule has 1 aliphatic carbocycles. The van der Waals surface area contributed by atoms with E-state index in [1.807, 2.05) is 18.9 Å². The van der Waals surface area contributed by atoms with Gasteiger partial charge in [0.25, 0.3) is 0 Å². The normalized spacial score (nSPS) is 19.9. The minimum Gasteiger partial charge on any atom is -0.345 e. The fraction of sp³-hybridized carbons (Fsp3) is 0.900. The van der Waals surface area contributed by atoms with Gasteiger partial charge in [-0.1, -0.05) is 20.3 Å². The Bertz CT molecular complexity index is 173. The van der Waals surface area contributed by atoms with Gasteiger partial charge in [-0.3, -0.25) is 4.79 Å². The Morgan fingerprint density at radius 2 is 2.08 bits per heavy atom. The number of hydrogen-bond donors (Lipinski definition) is 0. The van der Waals surface area contributed by atoms with Gasteiger partial charge in [0.2, 0.25) is 5.91 Å². The summed E-state index contributed by atoms with van der Waals surface area (Å²) in [5.41, 5.74) is 0.430. The predicted molar refractivity (Wildman–Crippen MR) is 49.9 cm³/mol. The van der Waals surface area contributed by atoms with Crippen molar-refractivity contribution in [3.8, 4) is 0 Å². The minimum atomic E-state index is 0.267. The minimum absolute atomic E-state index is 0.267.